The second kappa shape index (κ2) is 8.88. The molecule has 0 unspecified atom stereocenters. The Bertz CT molecular complexity index is 878. The molecule has 1 aromatic carbocycles. The van der Waals surface area contributed by atoms with Gasteiger partial charge in [-0.25, -0.2) is 4.79 Å². The third-order valence-electron chi connectivity index (χ3n) is 4.40. The number of fused-ring (bicyclic) bond motifs is 1. The van der Waals surface area contributed by atoms with Crippen LogP contribution in [0, 0.1) is 0 Å². The Morgan fingerprint density at radius 2 is 1.89 bits per heavy atom. The number of esters is 1. The SMILES string of the molecule is C[C@@H](Oc1ccccc1)C(=O)OCC(=O)Nc1sc2c(c1C(N)=O)CCCC2. The zero-order chi connectivity index (χ0) is 20.1. The van der Waals surface area contributed by atoms with E-state index >= 15 is 0 Å². The highest BCUT2D eigenvalue weighted by molar-refractivity contribution is 7.17. The van der Waals surface area contributed by atoms with Gasteiger partial charge in [0.05, 0.1) is 5.56 Å². The standard InChI is InChI=1S/C20H22N2O5S/c1-12(27-13-7-3-2-4-8-13)20(25)26-11-16(23)22-19-17(18(21)24)14-9-5-6-10-15(14)28-19/h2-4,7-8,12H,5-6,9-11H2,1H3,(H2,21,24)(H,22,23)/t12-/m1/s1. The van der Waals surface area contributed by atoms with Crippen LogP contribution in [0.1, 0.15) is 40.6 Å². The van der Waals surface area contributed by atoms with Gasteiger partial charge >= 0.3 is 5.97 Å². The number of nitrogens with one attached hydrogen (secondary N) is 1. The molecule has 0 saturated carbocycles. The zero-order valence-electron chi connectivity index (χ0n) is 15.5. The smallest absolute Gasteiger partial charge is 0.347 e. The van der Waals surface area contributed by atoms with E-state index in [-0.39, 0.29) is 0 Å². The van der Waals surface area contributed by atoms with Gasteiger partial charge < -0.3 is 20.5 Å². The maximum absolute atomic E-state index is 12.2. The third-order valence-corrected chi connectivity index (χ3v) is 5.61. The van der Waals surface area contributed by atoms with E-state index in [1.165, 1.54) is 11.3 Å². The lowest BCUT2D eigenvalue weighted by Gasteiger charge is -2.14. The van der Waals surface area contributed by atoms with Gasteiger partial charge in [0, 0.05) is 4.88 Å². The van der Waals surface area contributed by atoms with Gasteiger partial charge in [-0.2, -0.15) is 0 Å². The molecule has 0 fully saturated rings. The summed E-state index contributed by atoms with van der Waals surface area (Å²) >= 11 is 1.36. The lowest BCUT2D eigenvalue weighted by Crippen LogP contribution is -2.30. The topological polar surface area (TPSA) is 108 Å². The van der Waals surface area contributed by atoms with Crippen LogP contribution in [0.5, 0.6) is 5.75 Å². The number of hydrogen-bond donors (Lipinski definition) is 2. The Hall–Kier alpha value is -2.87. The van der Waals surface area contributed by atoms with Gasteiger partial charge in [0.15, 0.2) is 12.7 Å². The number of para-hydroxylation sites is 1. The Morgan fingerprint density at radius 3 is 2.61 bits per heavy atom. The van der Waals surface area contributed by atoms with E-state index in [4.69, 9.17) is 15.2 Å². The number of ether oxygens (including phenoxy) is 2. The molecule has 0 bridgehead atoms. The number of carbonyl (C=O) groups excluding carboxylic acids is 3. The van der Waals surface area contributed by atoms with Crippen LogP contribution < -0.4 is 15.8 Å². The first kappa shape index (κ1) is 19.9. The van der Waals surface area contributed by atoms with Gasteiger partial charge in [0.2, 0.25) is 0 Å². The molecule has 3 rings (SSSR count). The number of amides is 2. The average Bonchev–Trinajstić information content (AvgIpc) is 3.04. The summed E-state index contributed by atoms with van der Waals surface area (Å²) in [7, 11) is 0. The third kappa shape index (κ3) is 4.69. The molecule has 1 aliphatic carbocycles. The van der Waals surface area contributed by atoms with E-state index < -0.39 is 30.5 Å². The molecule has 2 aromatic rings. The van der Waals surface area contributed by atoms with Crippen LogP contribution in [0.2, 0.25) is 0 Å². The van der Waals surface area contributed by atoms with E-state index in [2.05, 4.69) is 5.32 Å². The molecular formula is C20H22N2O5S. The zero-order valence-corrected chi connectivity index (χ0v) is 16.3. The number of anilines is 1. The fourth-order valence-electron chi connectivity index (χ4n) is 3.08. The molecule has 28 heavy (non-hydrogen) atoms. The fourth-order valence-corrected chi connectivity index (χ4v) is 4.39. The minimum atomic E-state index is -0.856. The molecule has 148 valence electrons. The summed E-state index contributed by atoms with van der Waals surface area (Å²) in [6.45, 7) is 1.08. The molecule has 1 atom stereocenters. The largest absolute Gasteiger partial charge is 0.479 e. The van der Waals surface area contributed by atoms with Crippen LogP contribution in [0.3, 0.4) is 0 Å². The normalized spacial score (nSPS) is 13.9. The number of carbonyl (C=O) groups is 3. The predicted octanol–water partition coefficient (Wildman–Crippen LogP) is 2.68. The fraction of sp³-hybridized carbons (Fsp3) is 0.350. The quantitative estimate of drug-likeness (QED) is 0.692. The summed E-state index contributed by atoms with van der Waals surface area (Å²) < 4.78 is 10.5. The van der Waals surface area contributed by atoms with E-state index in [1.54, 1.807) is 31.2 Å². The van der Waals surface area contributed by atoms with Crippen molar-refractivity contribution in [3.05, 3.63) is 46.3 Å². The molecule has 1 aromatic heterocycles. The monoisotopic (exact) mass is 402 g/mol. The number of hydrogen-bond acceptors (Lipinski definition) is 6. The van der Waals surface area contributed by atoms with E-state index in [0.717, 1.165) is 36.1 Å². The first-order valence-corrected chi connectivity index (χ1v) is 9.90. The maximum atomic E-state index is 12.2. The lowest BCUT2D eigenvalue weighted by molar-refractivity contribution is -0.153. The van der Waals surface area contributed by atoms with Gasteiger partial charge in [0.25, 0.3) is 11.8 Å². The van der Waals surface area contributed by atoms with Gasteiger partial charge in [-0.1, -0.05) is 18.2 Å². The van der Waals surface area contributed by atoms with Crippen LogP contribution in [0.4, 0.5) is 5.00 Å². The summed E-state index contributed by atoms with van der Waals surface area (Å²) in [5.41, 5.74) is 6.82. The summed E-state index contributed by atoms with van der Waals surface area (Å²) in [6, 6.07) is 8.86. The van der Waals surface area contributed by atoms with Gasteiger partial charge in [0.1, 0.15) is 10.8 Å². The minimum Gasteiger partial charge on any atom is -0.479 e. The first-order chi connectivity index (χ1) is 13.5. The number of benzene rings is 1. The molecule has 8 heteroatoms. The Kier molecular flexibility index (Phi) is 6.30. The van der Waals surface area contributed by atoms with Crippen molar-refractivity contribution in [1.82, 2.24) is 0 Å². The van der Waals surface area contributed by atoms with Crippen LogP contribution in [-0.4, -0.2) is 30.5 Å². The number of rotatable bonds is 7. The summed E-state index contributed by atoms with van der Waals surface area (Å²) in [5, 5.41) is 3.08. The van der Waals surface area contributed by atoms with Gasteiger partial charge in [-0.15, -0.1) is 11.3 Å². The maximum Gasteiger partial charge on any atom is 0.347 e. The van der Waals surface area contributed by atoms with Crippen molar-refractivity contribution >= 4 is 34.1 Å². The van der Waals surface area contributed by atoms with E-state index in [0.29, 0.717) is 16.3 Å². The van der Waals surface area contributed by atoms with Crippen LogP contribution >= 0.6 is 11.3 Å². The highest BCUT2D eigenvalue weighted by Crippen LogP contribution is 2.37. The average molecular weight is 402 g/mol. The lowest BCUT2D eigenvalue weighted by atomic mass is 9.95. The van der Waals surface area contributed by atoms with Crippen molar-refractivity contribution in [2.45, 2.75) is 38.7 Å². The molecule has 0 radical (unpaired) electrons. The van der Waals surface area contributed by atoms with E-state index in [9.17, 15) is 14.4 Å². The Morgan fingerprint density at radius 1 is 1.18 bits per heavy atom. The highest BCUT2D eigenvalue weighted by atomic mass is 32.1. The Labute approximate surface area is 166 Å². The van der Waals surface area contributed by atoms with Crippen molar-refractivity contribution in [2.75, 3.05) is 11.9 Å². The van der Waals surface area contributed by atoms with Crippen molar-refractivity contribution in [1.29, 1.82) is 0 Å². The second-order valence-electron chi connectivity index (χ2n) is 6.51. The number of nitrogens with two attached hydrogens (primary N) is 1. The minimum absolute atomic E-state index is 0.375. The molecule has 7 nitrogen and oxygen atoms in total. The molecule has 2 amide bonds. The molecule has 0 spiro atoms. The molecule has 0 aliphatic heterocycles. The first-order valence-electron chi connectivity index (χ1n) is 9.08. The summed E-state index contributed by atoms with van der Waals surface area (Å²) in [6.07, 6.45) is 2.85. The molecule has 1 heterocycles. The Balaban J connectivity index is 1.56. The number of primary amides is 1. The van der Waals surface area contributed by atoms with E-state index in [1.807, 2.05) is 6.07 Å². The molecular weight excluding hydrogens is 380 g/mol. The number of thiophene rings is 1. The van der Waals surface area contributed by atoms with Gasteiger partial charge in [-0.05, 0) is 50.3 Å². The predicted molar refractivity (Wildman–Crippen MR) is 106 cm³/mol. The van der Waals surface area contributed by atoms with Crippen molar-refractivity contribution in [2.24, 2.45) is 5.73 Å². The molecule has 3 N–H and O–H groups in total. The van der Waals surface area contributed by atoms with Crippen molar-refractivity contribution in [3.63, 3.8) is 0 Å². The van der Waals surface area contributed by atoms with Crippen molar-refractivity contribution in [3.8, 4) is 5.75 Å². The highest BCUT2D eigenvalue weighted by Gasteiger charge is 2.25. The van der Waals surface area contributed by atoms with Crippen LogP contribution in [0.15, 0.2) is 30.3 Å². The van der Waals surface area contributed by atoms with Gasteiger partial charge in [-0.3, -0.25) is 9.59 Å². The molecule has 1 aliphatic rings. The van der Waals surface area contributed by atoms with Crippen LogP contribution in [0.25, 0.3) is 0 Å². The summed E-state index contributed by atoms with van der Waals surface area (Å²) in [5.74, 6) is -1.20. The molecule has 0 saturated heterocycles. The second-order valence-corrected chi connectivity index (χ2v) is 7.61. The van der Waals surface area contributed by atoms with Crippen LogP contribution in [-0.2, 0) is 27.2 Å². The summed E-state index contributed by atoms with van der Waals surface area (Å²) in [4.78, 5) is 37.2. The van der Waals surface area contributed by atoms with Crippen molar-refractivity contribution < 1.29 is 23.9 Å². The number of aryl methyl sites for hydroxylation is 1.